The van der Waals surface area contributed by atoms with Crippen LogP contribution in [0.25, 0.3) is 11.1 Å². The Morgan fingerprint density at radius 3 is 2.32 bits per heavy atom. The summed E-state index contributed by atoms with van der Waals surface area (Å²) >= 11 is 0. The van der Waals surface area contributed by atoms with Crippen molar-refractivity contribution < 1.29 is 4.74 Å². The Hall–Kier alpha value is -3.27. The summed E-state index contributed by atoms with van der Waals surface area (Å²) in [5, 5.41) is 0. The van der Waals surface area contributed by atoms with Crippen LogP contribution in [-0.4, -0.2) is 5.96 Å². The maximum Gasteiger partial charge on any atom is 0.191 e. The summed E-state index contributed by atoms with van der Waals surface area (Å²) in [5.74, 6) is 0.847. The van der Waals surface area contributed by atoms with Gasteiger partial charge in [-0.05, 0) is 46.4 Å². The van der Waals surface area contributed by atoms with Crippen LogP contribution in [0.2, 0.25) is 0 Å². The highest BCUT2D eigenvalue weighted by Crippen LogP contribution is 2.36. The van der Waals surface area contributed by atoms with Gasteiger partial charge in [-0.1, -0.05) is 69.3 Å². The minimum atomic E-state index is 0.0205. The van der Waals surface area contributed by atoms with E-state index in [0.717, 1.165) is 28.1 Å². The molecule has 0 fully saturated rings. The number of benzene rings is 3. The highest BCUT2D eigenvalue weighted by Gasteiger charge is 2.16. The second kappa shape index (κ2) is 8.17. The molecule has 0 bridgehead atoms. The summed E-state index contributed by atoms with van der Waals surface area (Å²) in [6.07, 6.45) is 0. The van der Waals surface area contributed by atoms with Crippen molar-refractivity contribution in [3.8, 4) is 16.9 Å². The SMILES string of the molecule is CC(C)(C)c1ccc(N=C(N)N)c(-c2cccc(OCc3ccccc3)c2)c1. The van der Waals surface area contributed by atoms with Crippen LogP contribution in [0.15, 0.2) is 77.8 Å². The molecule has 0 atom stereocenters. The second-order valence-corrected chi connectivity index (χ2v) is 7.82. The predicted octanol–water partition coefficient (Wildman–Crippen LogP) is 5.14. The molecule has 0 unspecified atom stereocenters. The van der Waals surface area contributed by atoms with Gasteiger partial charge in [-0.2, -0.15) is 0 Å². The monoisotopic (exact) mass is 373 g/mol. The van der Waals surface area contributed by atoms with Gasteiger partial charge >= 0.3 is 0 Å². The smallest absolute Gasteiger partial charge is 0.191 e. The maximum atomic E-state index is 5.99. The van der Waals surface area contributed by atoms with Crippen LogP contribution in [-0.2, 0) is 12.0 Å². The lowest BCUT2D eigenvalue weighted by Gasteiger charge is -2.21. The van der Waals surface area contributed by atoms with Gasteiger partial charge in [0.05, 0.1) is 5.69 Å². The maximum absolute atomic E-state index is 5.99. The minimum absolute atomic E-state index is 0.0205. The molecule has 0 aliphatic carbocycles. The van der Waals surface area contributed by atoms with Gasteiger partial charge in [-0.15, -0.1) is 0 Å². The first-order valence-electron chi connectivity index (χ1n) is 9.34. The highest BCUT2D eigenvalue weighted by atomic mass is 16.5. The van der Waals surface area contributed by atoms with Gasteiger partial charge in [0.15, 0.2) is 5.96 Å². The van der Waals surface area contributed by atoms with Crippen molar-refractivity contribution in [1.82, 2.24) is 0 Å². The van der Waals surface area contributed by atoms with Crippen molar-refractivity contribution in [1.29, 1.82) is 0 Å². The van der Waals surface area contributed by atoms with Crippen molar-refractivity contribution in [2.45, 2.75) is 32.8 Å². The molecule has 4 nitrogen and oxygen atoms in total. The molecule has 28 heavy (non-hydrogen) atoms. The van der Waals surface area contributed by atoms with Crippen LogP contribution in [0.4, 0.5) is 5.69 Å². The van der Waals surface area contributed by atoms with Crippen LogP contribution in [0.5, 0.6) is 5.75 Å². The molecule has 0 aliphatic heterocycles. The summed E-state index contributed by atoms with van der Waals surface area (Å²) < 4.78 is 5.99. The number of hydrogen-bond acceptors (Lipinski definition) is 2. The highest BCUT2D eigenvalue weighted by molar-refractivity contribution is 5.85. The Morgan fingerprint density at radius 2 is 1.64 bits per heavy atom. The third-order valence-corrected chi connectivity index (χ3v) is 4.51. The molecule has 3 aromatic rings. The number of rotatable bonds is 5. The standard InChI is InChI=1S/C24H27N3O/c1-24(2,3)19-12-13-22(27-23(25)26)21(15-19)18-10-7-11-20(14-18)28-16-17-8-5-4-6-9-17/h4-15H,16H2,1-3H3,(H4,25,26,27). The van der Waals surface area contributed by atoms with Crippen molar-refractivity contribution in [3.63, 3.8) is 0 Å². The van der Waals surface area contributed by atoms with Gasteiger partial charge in [0, 0.05) is 5.56 Å². The zero-order valence-electron chi connectivity index (χ0n) is 16.6. The van der Waals surface area contributed by atoms with E-state index in [9.17, 15) is 0 Å². The first-order valence-corrected chi connectivity index (χ1v) is 9.34. The lowest BCUT2D eigenvalue weighted by atomic mass is 9.85. The molecule has 4 N–H and O–H groups in total. The van der Waals surface area contributed by atoms with Crippen molar-refractivity contribution in [2.24, 2.45) is 16.5 Å². The van der Waals surface area contributed by atoms with Crippen LogP contribution in [0.3, 0.4) is 0 Å². The molecule has 0 saturated heterocycles. The Kier molecular flexibility index (Phi) is 5.69. The first kappa shape index (κ1) is 19.5. The fraction of sp³-hybridized carbons (Fsp3) is 0.208. The first-order chi connectivity index (χ1) is 13.3. The Morgan fingerprint density at radius 1 is 0.893 bits per heavy atom. The van der Waals surface area contributed by atoms with E-state index >= 15 is 0 Å². The quantitative estimate of drug-likeness (QED) is 0.481. The molecule has 0 aliphatic rings. The fourth-order valence-electron chi connectivity index (χ4n) is 2.96. The van der Waals surface area contributed by atoms with Crippen LogP contribution in [0, 0.1) is 0 Å². The van der Waals surface area contributed by atoms with Crippen LogP contribution in [0.1, 0.15) is 31.9 Å². The number of guanidine groups is 1. The molecule has 0 aromatic heterocycles. The van der Waals surface area contributed by atoms with Gasteiger partial charge in [-0.3, -0.25) is 0 Å². The van der Waals surface area contributed by atoms with E-state index in [1.165, 1.54) is 5.56 Å². The Balaban J connectivity index is 1.96. The van der Waals surface area contributed by atoms with Crippen LogP contribution >= 0.6 is 0 Å². The molecular formula is C24H27N3O. The summed E-state index contributed by atoms with van der Waals surface area (Å²) in [6, 6.07) is 24.3. The van der Waals surface area contributed by atoms with E-state index in [-0.39, 0.29) is 11.4 Å². The number of nitrogens with zero attached hydrogens (tertiary/aromatic N) is 1. The predicted molar refractivity (Wildman–Crippen MR) is 117 cm³/mol. The van der Waals surface area contributed by atoms with Crippen molar-refractivity contribution in [3.05, 3.63) is 83.9 Å². The average Bonchev–Trinajstić information content (AvgIpc) is 2.66. The van der Waals surface area contributed by atoms with Gasteiger partial charge in [0.2, 0.25) is 0 Å². The Labute approximate surface area is 166 Å². The molecule has 0 radical (unpaired) electrons. The molecule has 144 valence electrons. The molecule has 0 amide bonds. The minimum Gasteiger partial charge on any atom is -0.489 e. The molecular weight excluding hydrogens is 346 g/mol. The largest absolute Gasteiger partial charge is 0.489 e. The summed E-state index contributed by atoms with van der Waals surface area (Å²) in [7, 11) is 0. The van der Waals surface area contributed by atoms with E-state index < -0.39 is 0 Å². The molecule has 4 heteroatoms. The van der Waals surface area contributed by atoms with E-state index in [2.05, 4.69) is 37.9 Å². The van der Waals surface area contributed by atoms with E-state index in [1.807, 2.05) is 60.7 Å². The van der Waals surface area contributed by atoms with E-state index in [1.54, 1.807) is 0 Å². The number of aliphatic imine (C=N–C) groups is 1. The lowest BCUT2D eigenvalue weighted by molar-refractivity contribution is 0.306. The summed E-state index contributed by atoms with van der Waals surface area (Å²) in [4.78, 5) is 4.31. The van der Waals surface area contributed by atoms with Gasteiger partial charge in [0.25, 0.3) is 0 Å². The topological polar surface area (TPSA) is 73.6 Å². The van der Waals surface area contributed by atoms with Crippen molar-refractivity contribution in [2.75, 3.05) is 0 Å². The van der Waals surface area contributed by atoms with Crippen LogP contribution < -0.4 is 16.2 Å². The van der Waals surface area contributed by atoms with E-state index in [0.29, 0.717) is 6.61 Å². The molecule has 3 rings (SSSR count). The van der Waals surface area contributed by atoms with E-state index in [4.69, 9.17) is 16.2 Å². The third kappa shape index (κ3) is 4.92. The normalized spacial score (nSPS) is 11.1. The number of nitrogens with two attached hydrogens (primary N) is 2. The Bertz CT molecular complexity index is 969. The molecule has 0 spiro atoms. The summed E-state index contributed by atoms with van der Waals surface area (Å²) in [6.45, 7) is 7.08. The molecule has 0 heterocycles. The zero-order valence-corrected chi connectivity index (χ0v) is 16.6. The second-order valence-electron chi connectivity index (χ2n) is 7.82. The lowest BCUT2D eigenvalue weighted by Crippen LogP contribution is -2.22. The fourth-order valence-corrected chi connectivity index (χ4v) is 2.96. The summed E-state index contributed by atoms with van der Waals surface area (Å²) in [5.41, 5.74) is 16.4. The molecule has 3 aromatic carbocycles. The number of hydrogen-bond donors (Lipinski definition) is 2. The zero-order chi connectivity index (χ0) is 20.1. The number of ether oxygens (including phenoxy) is 1. The average molecular weight is 374 g/mol. The molecule has 0 saturated carbocycles. The third-order valence-electron chi connectivity index (χ3n) is 4.51. The van der Waals surface area contributed by atoms with Gasteiger partial charge < -0.3 is 16.2 Å². The van der Waals surface area contributed by atoms with Gasteiger partial charge in [0.1, 0.15) is 12.4 Å². The van der Waals surface area contributed by atoms with Gasteiger partial charge in [-0.25, -0.2) is 4.99 Å². The van der Waals surface area contributed by atoms with Crippen molar-refractivity contribution >= 4 is 11.6 Å².